The van der Waals surface area contributed by atoms with Gasteiger partial charge in [-0.05, 0) is 6.42 Å². The molecule has 1 fully saturated rings. The number of hydrogen-bond donors (Lipinski definition) is 2. The summed E-state index contributed by atoms with van der Waals surface area (Å²) in [6, 6.07) is 0. The lowest BCUT2D eigenvalue weighted by Crippen LogP contribution is -2.40. The van der Waals surface area contributed by atoms with Crippen LogP contribution in [0.3, 0.4) is 0 Å². The van der Waals surface area contributed by atoms with Crippen LogP contribution in [0, 0.1) is 5.92 Å². The Labute approximate surface area is 122 Å². The average Bonchev–Trinajstić information content (AvgIpc) is 2.70. The van der Waals surface area contributed by atoms with Crippen LogP contribution in [-0.4, -0.2) is 39.3 Å². The summed E-state index contributed by atoms with van der Waals surface area (Å²) >= 11 is 3.29. The number of rotatable bonds is 4. The lowest BCUT2D eigenvalue weighted by molar-refractivity contribution is 0.186. The first-order valence-corrected chi connectivity index (χ1v) is 5.87. The first-order chi connectivity index (χ1) is 7.22. The maximum atomic E-state index is 5.30. The Balaban J connectivity index is 0.00000225. The second kappa shape index (κ2) is 9.23. The molecule has 0 radical (unpaired) electrons. The van der Waals surface area contributed by atoms with Gasteiger partial charge in [0.05, 0.1) is 6.61 Å². The molecule has 0 aliphatic carbocycles. The quantitative estimate of drug-likeness (QED) is 0.426. The van der Waals surface area contributed by atoms with Crippen LogP contribution >= 0.6 is 39.9 Å². The van der Waals surface area contributed by atoms with Crippen molar-refractivity contribution >= 4 is 45.9 Å². The van der Waals surface area contributed by atoms with Crippen molar-refractivity contribution < 1.29 is 4.74 Å². The third kappa shape index (κ3) is 6.70. The molecule has 0 amide bonds. The Morgan fingerprint density at radius 3 is 2.81 bits per heavy atom. The Hall–Kier alpha value is 0.180. The zero-order valence-electron chi connectivity index (χ0n) is 9.46. The topological polar surface area (TPSA) is 45.7 Å². The molecule has 1 unspecified atom stereocenters. The maximum Gasteiger partial charge on any atom is 0.191 e. The van der Waals surface area contributed by atoms with Crippen molar-refractivity contribution in [3.05, 3.63) is 11.1 Å². The number of guanidine groups is 1. The Morgan fingerprint density at radius 2 is 2.31 bits per heavy atom. The van der Waals surface area contributed by atoms with E-state index in [4.69, 9.17) is 4.74 Å². The predicted octanol–water partition coefficient (Wildman–Crippen LogP) is 1.71. The highest BCUT2D eigenvalue weighted by Gasteiger charge is 2.15. The van der Waals surface area contributed by atoms with E-state index in [2.05, 4.69) is 38.1 Å². The number of aliphatic imine (C=N–C) groups is 1. The summed E-state index contributed by atoms with van der Waals surface area (Å²) in [7, 11) is 1.76. The standard InChI is InChI=1S/C10H18BrN3O.HI/c1-8(11)5-13-10(12-2)14-6-9-3-4-15-7-9;/h9H,1,3-7H2,2H3,(H2,12,13,14);1H. The molecule has 1 aliphatic heterocycles. The lowest BCUT2D eigenvalue weighted by atomic mass is 10.1. The molecule has 16 heavy (non-hydrogen) atoms. The Kier molecular flexibility index (Phi) is 9.34. The number of hydrogen-bond acceptors (Lipinski definition) is 2. The maximum absolute atomic E-state index is 5.30. The van der Waals surface area contributed by atoms with Crippen molar-refractivity contribution in [2.24, 2.45) is 10.9 Å². The van der Waals surface area contributed by atoms with Gasteiger partial charge >= 0.3 is 0 Å². The largest absolute Gasteiger partial charge is 0.381 e. The van der Waals surface area contributed by atoms with Crippen LogP contribution in [0.1, 0.15) is 6.42 Å². The molecule has 0 saturated carbocycles. The number of nitrogens with zero attached hydrogens (tertiary/aromatic N) is 1. The van der Waals surface area contributed by atoms with Crippen molar-refractivity contribution in [3.8, 4) is 0 Å². The molecule has 0 bridgehead atoms. The molecular weight excluding hydrogens is 385 g/mol. The van der Waals surface area contributed by atoms with E-state index < -0.39 is 0 Å². The highest BCUT2D eigenvalue weighted by molar-refractivity contribution is 14.0. The van der Waals surface area contributed by atoms with E-state index in [0.29, 0.717) is 12.5 Å². The summed E-state index contributed by atoms with van der Waals surface area (Å²) < 4.78 is 6.21. The van der Waals surface area contributed by atoms with Gasteiger partial charge in [-0.2, -0.15) is 0 Å². The highest BCUT2D eigenvalue weighted by Crippen LogP contribution is 2.10. The summed E-state index contributed by atoms with van der Waals surface area (Å²) in [5.74, 6) is 1.42. The van der Waals surface area contributed by atoms with Crippen molar-refractivity contribution in [1.82, 2.24) is 10.6 Å². The minimum absolute atomic E-state index is 0. The summed E-state index contributed by atoms with van der Waals surface area (Å²) in [5.41, 5.74) is 0. The van der Waals surface area contributed by atoms with Crippen LogP contribution in [0.25, 0.3) is 0 Å². The normalized spacial score (nSPS) is 20.1. The van der Waals surface area contributed by atoms with Gasteiger partial charge in [0.2, 0.25) is 0 Å². The fourth-order valence-electron chi connectivity index (χ4n) is 1.39. The first-order valence-electron chi connectivity index (χ1n) is 5.08. The zero-order chi connectivity index (χ0) is 11.1. The molecule has 1 atom stereocenters. The Morgan fingerprint density at radius 1 is 1.56 bits per heavy atom. The van der Waals surface area contributed by atoms with Gasteiger partial charge in [0.15, 0.2) is 5.96 Å². The van der Waals surface area contributed by atoms with Gasteiger partial charge < -0.3 is 15.4 Å². The summed E-state index contributed by atoms with van der Waals surface area (Å²) in [4.78, 5) is 4.11. The molecule has 6 heteroatoms. The van der Waals surface area contributed by atoms with Crippen molar-refractivity contribution in [2.75, 3.05) is 33.4 Å². The van der Waals surface area contributed by atoms with E-state index >= 15 is 0 Å². The van der Waals surface area contributed by atoms with Crippen LogP contribution < -0.4 is 10.6 Å². The lowest BCUT2D eigenvalue weighted by Gasteiger charge is -2.13. The van der Waals surface area contributed by atoms with Gasteiger partial charge in [-0.1, -0.05) is 22.5 Å². The molecule has 4 nitrogen and oxygen atoms in total. The van der Waals surface area contributed by atoms with Crippen molar-refractivity contribution in [1.29, 1.82) is 0 Å². The molecule has 1 heterocycles. The molecule has 0 spiro atoms. The number of nitrogens with one attached hydrogen (secondary N) is 2. The molecule has 1 saturated heterocycles. The van der Waals surface area contributed by atoms with E-state index in [0.717, 1.165) is 36.6 Å². The molecule has 94 valence electrons. The monoisotopic (exact) mass is 403 g/mol. The third-order valence-corrected chi connectivity index (χ3v) is 2.53. The SMILES string of the molecule is C=C(Br)CNC(=NC)NCC1CCOC1.I. The van der Waals surface area contributed by atoms with E-state index in [1.54, 1.807) is 7.05 Å². The Bertz CT molecular complexity index is 242. The van der Waals surface area contributed by atoms with Gasteiger partial charge in [-0.3, -0.25) is 4.99 Å². The van der Waals surface area contributed by atoms with E-state index in [-0.39, 0.29) is 24.0 Å². The van der Waals surface area contributed by atoms with Crippen molar-refractivity contribution in [3.63, 3.8) is 0 Å². The molecular formula is C10H19BrIN3O. The molecule has 2 N–H and O–H groups in total. The van der Waals surface area contributed by atoms with Gasteiger partial charge in [-0.15, -0.1) is 24.0 Å². The van der Waals surface area contributed by atoms with E-state index in [1.807, 2.05) is 0 Å². The fraction of sp³-hybridized carbons (Fsp3) is 0.700. The second-order valence-corrected chi connectivity index (χ2v) is 4.68. The van der Waals surface area contributed by atoms with Crippen LogP contribution in [0.4, 0.5) is 0 Å². The van der Waals surface area contributed by atoms with E-state index in [9.17, 15) is 0 Å². The van der Waals surface area contributed by atoms with Crippen LogP contribution in [0.15, 0.2) is 16.1 Å². The van der Waals surface area contributed by atoms with Crippen LogP contribution in [0.5, 0.6) is 0 Å². The summed E-state index contributed by atoms with van der Waals surface area (Å²) in [5, 5.41) is 6.41. The minimum atomic E-state index is 0. The highest BCUT2D eigenvalue weighted by atomic mass is 127. The molecule has 0 aromatic rings. The molecule has 1 aliphatic rings. The molecule has 1 rings (SSSR count). The van der Waals surface area contributed by atoms with Gasteiger partial charge in [0.1, 0.15) is 0 Å². The smallest absolute Gasteiger partial charge is 0.191 e. The zero-order valence-corrected chi connectivity index (χ0v) is 13.4. The van der Waals surface area contributed by atoms with Gasteiger partial charge in [0.25, 0.3) is 0 Å². The molecule has 0 aromatic heterocycles. The fourth-order valence-corrected chi connectivity index (χ4v) is 1.53. The first kappa shape index (κ1) is 16.2. The number of ether oxygens (including phenoxy) is 1. The second-order valence-electron chi connectivity index (χ2n) is 3.55. The summed E-state index contributed by atoms with van der Waals surface area (Å²) in [6.07, 6.45) is 1.13. The van der Waals surface area contributed by atoms with E-state index in [1.165, 1.54) is 0 Å². The molecule has 0 aromatic carbocycles. The summed E-state index contributed by atoms with van der Waals surface area (Å²) in [6.45, 7) is 7.08. The average molecular weight is 404 g/mol. The minimum Gasteiger partial charge on any atom is -0.381 e. The van der Waals surface area contributed by atoms with Crippen LogP contribution in [0.2, 0.25) is 0 Å². The van der Waals surface area contributed by atoms with Gasteiger partial charge in [0, 0.05) is 37.1 Å². The predicted molar refractivity (Wildman–Crippen MR) is 81.8 cm³/mol. The van der Waals surface area contributed by atoms with Crippen LogP contribution in [-0.2, 0) is 4.74 Å². The van der Waals surface area contributed by atoms with Crippen molar-refractivity contribution in [2.45, 2.75) is 6.42 Å². The van der Waals surface area contributed by atoms with Gasteiger partial charge in [-0.25, -0.2) is 0 Å². The third-order valence-electron chi connectivity index (χ3n) is 2.25. The number of halogens is 2.